The van der Waals surface area contributed by atoms with Crippen molar-refractivity contribution in [3.63, 3.8) is 0 Å². The van der Waals surface area contributed by atoms with E-state index in [1.54, 1.807) is 25.1 Å². The molecule has 5 heteroatoms. The topological polar surface area (TPSA) is 66.8 Å². The molecule has 108 valence electrons. The Bertz CT molecular complexity index is 551. The molecule has 0 bridgehead atoms. The average Bonchev–Trinajstić information content (AvgIpc) is 2.85. The fraction of sp³-hybridized carbons (Fsp3) is 0.467. The first kappa shape index (κ1) is 14.4. The van der Waals surface area contributed by atoms with Crippen LogP contribution in [0.2, 0.25) is 0 Å². The van der Waals surface area contributed by atoms with Crippen molar-refractivity contribution in [1.82, 2.24) is 4.90 Å². The molecule has 0 atom stereocenters. The summed E-state index contributed by atoms with van der Waals surface area (Å²) in [5.41, 5.74) is 0.270. The zero-order valence-corrected chi connectivity index (χ0v) is 12.0. The van der Waals surface area contributed by atoms with Crippen molar-refractivity contribution >= 4 is 11.9 Å². The molecule has 1 amide bonds. The number of hydrogen-bond acceptors (Lipinski definition) is 3. The number of ether oxygens (including phenoxy) is 1. The number of rotatable bonds is 4. The molecular weight excluding hydrogens is 258 g/mol. The normalized spacial score (nSPS) is 13.6. The number of hydrogen-bond donors (Lipinski definition) is 1. The minimum Gasteiger partial charge on any atom is -0.493 e. The van der Waals surface area contributed by atoms with E-state index in [0.29, 0.717) is 18.7 Å². The van der Waals surface area contributed by atoms with Crippen LogP contribution in [0, 0.1) is 0 Å². The molecule has 1 aliphatic heterocycles. The van der Waals surface area contributed by atoms with E-state index in [0.717, 1.165) is 17.7 Å². The third-order valence-corrected chi connectivity index (χ3v) is 3.70. The Morgan fingerprint density at radius 3 is 2.70 bits per heavy atom. The zero-order valence-electron chi connectivity index (χ0n) is 12.0. The summed E-state index contributed by atoms with van der Waals surface area (Å²) >= 11 is 0. The molecule has 1 aromatic rings. The SMILES string of the molecule is CCN(C(=O)c1ccc2c(c1)CCO2)C(C)(C)C(=O)O. The highest BCUT2D eigenvalue weighted by atomic mass is 16.5. The number of benzene rings is 1. The second-order valence-corrected chi connectivity index (χ2v) is 5.33. The van der Waals surface area contributed by atoms with Gasteiger partial charge in [-0.2, -0.15) is 0 Å². The summed E-state index contributed by atoms with van der Waals surface area (Å²) in [6, 6.07) is 5.26. The largest absolute Gasteiger partial charge is 0.493 e. The molecule has 0 saturated carbocycles. The number of carbonyl (C=O) groups excluding carboxylic acids is 1. The molecule has 1 N–H and O–H groups in total. The van der Waals surface area contributed by atoms with E-state index >= 15 is 0 Å². The lowest BCUT2D eigenvalue weighted by atomic mass is 10.0. The number of nitrogens with zero attached hydrogens (tertiary/aromatic N) is 1. The lowest BCUT2D eigenvalue weighted by Crippen LogP contribution is -2.52. The van der Waals surface area contributed by atoms with E-state index in [9.17, 15) is 14.7 Å². The third-order valence-electron chi connectivity index (χ3n) is 3.70. The van der Waals surface area contributed by atoms with Gasteiger partial charge in [-0.3, -0.25) is 4.79 Å². The van der Waals surface area contributed by atoms with Gasteiger partial charge in [0, 0.05) is 18.5 Å². The van der Waals surface area contributed by atoms with Gasteiger partial charge in [0.2, 0.25) is 0 Å². The van der Waals surface area contributed by atoms with Crippen molar-refractivity contribution in [2.45, 2.75) is 32.7 Å². The molecule has 1 aliphatic rings. The average molecular weight is 277 g/mol. The number of likely N-dealkylation sites (N-methyl/N-ethyl adjacent to an activating group) is 1. The van der Waals surface area contributed by atoms with Gasteiger partial charge in [0.1, 0.15) is 11.3 Å². The van der Waals surface area contributed by atoms with Crippen LogP contribution in [0.4, 0.5) is 0 Å². The van der Waals surface area contributed by atoms with Crippen molar-refractivity contribution in [3.05, 3.63) is 29.3 Å². The highest BCUT2D eigenvalue weighted by Gasteiger charge is 2.37. The summed E-state index contributed by atoms with van der Waals surface area (Å²) in [7, 11) is 0. The van der Waals surface area contributed by atoms with E-state index in [1.807, 2.05) is 0 Å². The van der Waals surface area contributed by atoms with Gasteiger partial charge in [-0.05, 0) is 44.5 Å². The van der Waals surface area contributed by atoms with Crippen LogP contribution in [-0.2, 0) is 11.2 Å². The van der Waals surface area contributed by atoms with E-state index in [2.05, 4.69) is 0 Å². The smallest absolute Gasteiger partial charge is 0.329 e. The molecule has 1 heterocycles. The Labute approximate surface area is 118 Å². The lowest BCUT2D eigenvalue weighted by molar-refractivity contribution is -0.147. The van der Waals surface area contributed by atoms with Crippen LogP contribution in [0.3, 0.4) is 0 Å². The highest BCUT2D eigenvalue weighted by Crippen LogP contribution is 2.27. The predicted octanol–water partition coefficient (Wildman–Crippen LogP) is 1.95. The van der Waals surface area contributed by atoms with Gasteiger partial charge in [0.25, 0.3) is 5.91 Å². The van der Waals surface area contributed by atoms with Crippen molar-refractivity contribution in [2.24, 2.45) is 0 Å². The molecule has 0 radical (unpaired) electrons. The van der Waals surface area contributed by atoms with Crippen molar-refractivity contribution < 1.29 is 19.4 Å². The predicted molar refractivity (Wildman–Crippen MR) is 74.1 cm³/mol. The molecule has 0 unspecified atom stereocenters. The van der Waals surface area contributed by atoms with Crippen LogP contribution < -0.4 is 4.74 Å². The minimum atomic E-state index is -1.23. The minimum absolute atomic E-state index is 0.269. The second kappa shape index (κ2) is 5.15. The van der Waals surface area contributed by atoms with Crippen LogP contribution in [-0.4, -0.2) is 40.6 Å². The monoisotopic (exact) mass is 277 g/mol. The van der Waals surface area contributed by atoms with Crippen molar-refractivity contribution in [2.75, 3.05) is 13.2 Å². The van der Waals surface area contributed by atoms with Gasteiger partial charge < -0.3 is 14.7 Å². The summed E-state index contributed by atoms with van der Waals surface area (Å²) < 4.78 is 5.41. The van der Waals surface area contributed by atoms with Crippen molar-refractivity contribution in [3.8, 4) is 5.75 Å². The first-order valence-electron chi connectivity index (χ1n) is 6.69. The Kier molecular flexibility index (Phi) is 3.70. The van der Waals surface area contributed by atoms with E-state index in [4.69, 9.17) is 4.74 Å². The maximum absolute atomic E-state index is 12.5. The Balaban J connectivity index is 2.32. The van der Waals surface area contributed by atoms with E-state index in [1.165, 1.54) is 18.7 Å². The Hall–Kier alpha value is -2.04. The number of amides is 1. The summed E-state index contributed by atoms with van der Waals surface area (Å²) in [5.74, 6) is -0.478. The summed E-state index contributed by atoms with van der Waals surface area (Å²) in [6.45, 7) is 5.82. The van der Waals surface area contributed by atoms with Gasteiger partial charge in [0.05, 0.1) is 6.61 Å². The lowest BCUT2D eigenvalue weighted by Gasteiger charge is -2.34. The summed E-state index contributed by atoms with van der Waals surface area (Å²) in [5, 5.41) is 9.28. The van der Waals surface area contributed by atoms with Gasteiger partial charge in [0.15, 0.2) is 0 Å². The van der Waals surface area contributed by atoms with E-state index < -0.39 is 11.5 Å². The van der Waals surface area contributed by atoms with Crippen LogP contribution in [0.1, 0.15) is 36.7 Å². The highest BCUT2D eigenvalue weighted by molar-refractivity contribution is 5.98. The number of carboxylic acid groups (broad SMARTS) is 1. The number of aliphatic carboxylic acids is 1. The molecule has 20 heavy (non-hydrogen) atoms. The standard InChI is InChI=1S/C15H19NO4/c1-4-16(15(2,3)14(18)19)13(17)11-5-6-12-10(9-11)7-8-20-12/h5-6,9H,4,7-8H2,1-3H3,(H,18,19). The van der Waals surface area contributed by atoms with Crippen molar-refractivity contribution in [1.29, 1.82) is 0 Å². The quantitative estimate of drug-likeness (QED) is 0.913. The third kappa shape index (κ3) is 2.35. The Morgan fingerprint density at radius 2 is 2.10 bits per heavy atom. The molecule has 0 aliphatic carbocycles. The second-order valence-electron chi connectivity index (χ2n) is 5.33. The fourth-order valence-corrected chi connectivity index (χ4v) is 2.38. The fourth-order valence-electron chi connectivity index (χ4n) is 2.38. The number of carbonyl (C=O) groups is 2. The number of fused-ring (bicyclic) bond motifs is 1. The Morgan fingerprint density at radius 1 is 1.40 bits per heavy atom. The number of carboxylic acids is 1. The molecule has 2 rings (SSSR count). The van der Waals surface area contributed by atoms with Crippen LogP contribution >= 0.6 is 0 Å². The maximum Gasteiger partial charge on any atom is 0.329 e. The molecule has 1 aromatic carbocycles. The molecular formula is C15H19NO4. The first-order valence-corrected chi connectivity index (χ1v) is 6.69. The van der Waals surface area contributed by atoms with Crippen LogP contribution in [0.5, 0.6) is 5.75 Å². The molecule has 5 nitrogen and oxygen atoms in total. The van der Waals surface area contributed by atoms with E-state index in [-0.39, 0.29) is 5.91 Å². The first-order chi connectivity index (χ1) is 9.37. The summed E-state index contributed by atoms with van der Waals surface area (Å²) in [6.07, 6.45) is 0.783. The van der Waals surface area contributed by atoms with Gasteiger partial charge in [-0.1, -0.05) is 0 Å². The molecule has 0 aromatic heterocycles. The van der Waals surface area contributed by atoms with Crippen LogP contribution in [0.25, 0.3) is 0 Å². The van der Waals surface area contributed by atoms with Gasteiger partial charge >= 0.3 is 5.97 Å². The maximum atomic E-state index is 12.5. The van der Waals surface area contributed by atoms with Crippen LogP contribution in [0.15, 0.2) is 18.2 Å². The molecule has 0 fully saturated rings. The van der Waals surface area contributed by atoms with Gasteiger partial charge in [-0.25, -0.2) is 4.79 Å². The van der Waals surface area contributed by atoms with Gasteiger partial charge in [-0.15, -0.1) is 0 Å². The zero-order chi connectivity index (χ0) is 14.9. The summed E-state index contributed by atoms with van der Waals surface area (Å²) in [4.78, 5) is 25.2. The molecule has 0 saturated heterocycles. The molecule has 0 spiro atoms.